The summed E-state index contributed by atoms with van der Waals surface area (Å²) in [4.78, 5) is 10.7. The third-order valence-corrected chi connectivity index (χ3v) is 1.69. The normalized spacial score (nSPS) is 11.0. The quantitative estimate of drug-likeness (QED) is 0.663. The van der Waals surface area contributed by atoms with Gasteiger partial charge in [-0.2, -0.15) is 0 Å². The van der Waals surface area contributed by atoms with E-state index in [-0.39, 0.29) is 12.0 Å². The van der Waals surface area contributed by atoms with E-state index in [0.29, 0.717) is 13.0 Å². The molecule has 0 saturated heterocycles. The van der Waals surface area contributed by atoms with Gasteiger partial charge in [0, 0.05) is 13.2 Å². The molecule has 2 N–H and O–H groups in total. The molecule has 0 fully saturated rings. The molecular formula is C8H17NO3. The topological polar surface area (TPSA) is 58.6 Å². The molecule has 12 heavy (non-hydrogen) atoms. The Bertz CT molecular complexity index is 145. The Kier molecular flexibility index (Phi) is 4.66. The van der Waals surface area contributed by atoms with Gasteiger partial charge in [-0.25, -0.2) is 4.79 Å². The van der Waals surface area contributed by atoms with Crippen LogP contribution in [0.1, 0.15) is 20.3 Å². The molecule has 0 spiro atoms. The van der Waals surface area contributed by atoms with Crippen LogP contribution in [0.5, 0.6) is 0 Å². The van der Waals surface area contributed by atoms with Crippen LogP contribution in [-0.4, -0.2) is 31.5 Å². The molecule has 0 radical (unpaired) electrons. The molecule has 0 aromatic rings. The molecule has 4 heteroatoms. The highest BCUT2D eigenvalue weighted by atomic mass is 16.5. The van der Waals surface area contributed by atoms with Crippen LogP contribution < -0.4 is 5.32 Å². The van der Waals surface area contributed by atoms with Gasteiger partial charge in [-0.05, 0) is 11.8 Å². The highest BCUT2D eigenvalue weighted by molar-refractivity contribution is 5.66. The lowest BCUT2D eigenvalue weighted by Crippen LogP contribution is -2.34. The fraction of sp³-hybridized carbons (Fsp3) is 0.875. The molecule has 0 aromatic heterocycles. The largest absolute Gasteiger partial charge is 0.453 e. The van der Waals surface area contributed by atoms with Crippen molar-refractivity contribution < 1.29 is 14.6 Å². The van der Waals surface area contributed by atoms with E-state index in [9.17, 15) is 4.79 Å². The fourth-order valence-corrected chi connectivity index (χ4v) is 0.775. The van der Waals surface area contributed by atoms with Crippen molar-refractivity contribution in [2.75, 3.05) is 20.3 Å². The Morgan fingerprint density at radius 1 is 1.58 bits per heavy atom. The van der Waals surface area contributed by atoms with E-state index < -0.39 is 6.09 Å². The van der Waals surface area contributed by atoms with Gasteiger partial charge in [0.1, 0.15) is 0 Å². The lowest BCUT2D eigenvalue weighted by atomic mass is 9.90. The molecule has 0 unspecified atom stereocenters. The van der Waals surface area contributed by atoms with Crippen molar-refractivity contribution in [3.05, 3.63) is 0 Å². The van der Waals surface area contributed by atoms with Crippen LogP contribution in [-0.2, 0) is 4.74 Å². The summed E-state index contributed by atoms with van der Waals surface area (Å²) in [7, 11) is 1.33. The first-order valence-corrected chi connectivity index (χ1v) is 3.94. The van der Waals surface area contributed by atoms with Gasteiger partial charge >= 0.3 is 6.09 Å². The summed E-state index contributed by atoms with van der Waals surface area (Å²) >= 11 is 0. The number of carbonyl (C=O) groups is 1. The molecule has 0 saturated carbocycles. The van der Waals surface area contributed by atoms with Gasteiger partial charge in [0.05, 0.1) is 7.11 Å². The number of hydrogen-bond donors (Lipinski definition) is 2. The van der Waals surface area contributed by atoms with Crippen LogP contribution in [0.4, 0.5) is 4.79 Å². The summed E-state index contributed by atoms with van der Waals surface area (Å²) in [6.07, 6.45) is 0.234. The average Bonchev–Trinajstić information content (AvgIpc) is 2.00. The maximum absolute atomic E-state index is 10.7. The van der Waals surface area contributed by atoms with Crippen molar-refractivity contribution in [3.8, 4) is 0 Å². The van der Waals surface area contributed by atoms with Crippen LogP contribution in [0, 0.1) is 5.41 Å². The minimum absolute atomic E-state index is 0.0804. The van der Waals surface area contributed by atoms with Crippen LogP contribution in [0.2, 0.25) is 0 Å². The zero-order valence-corrected chi connectivity index (χ0v) is 7.89. The molecule has 0 atom stereocenters. The molecule has 0 aliphatic rings. The number of amides is 1. The van der Waals surface area contributed by atoms with E-state index in [1.54, 1.807) is 0 Å². The Hall–Kier alpha value is -0.770. The van der Waals surface area contributed by atoms with E-state index in [4.69, 9.17) is 5.11 Å². The van der Waals surface area contributed by atoms with Gasteiger partial charge in [0.2, 0.25) is 0 Å². The smallest absolute Gasteiger partial charge is 0.406 e. The molecular weight excluding hydrogens is 158 g/mol. The first kappa shape index (κ1) is 11.2. The number of nitrogens with one attached hydrogen (secondary N) is 1. The molecule has 0 rings (SSSR count). The number of carbonyl (C=O) groups excluding carboxylic acids is 1. The SMILES string of the molecule is COC(=O)NCC(C)(C)CCO. The minimum atomic E-state index is -0.430. The molecule has 1 amide bonds. The predicted molar refractivity (Wildman–Crippen MR) is 45.9 cm³/mol. The fourth-order valence-electron chi connectivity index (χ4n) is 0.775. The van der Waals surface area contributed by atoms with Crippen LogP contribution in [0.15, 0.2) is 0 Å². The van der Waals surface area contributed by atoms with Gasteiger partial charge in [0.15, 0.2) is 0 Å². The van der Waals surface area contributed by atoms with Crippen molar-refractivity contribution >= 4 is 6.09 Å². The standard InChI is InChI=1S/C8H17NO3/c1-8(2,4-5-10)6-9-7(11)12-3/h10H,4-6H2,1-3H3,(H,9,11). The number of methoxy groups -OCH3 is 1. The van der Waals surface area contributed by atoms with E-state index in [0.717, 1.165) is 0 Å². The zero-order chi connectivity index (χ0) is 9.61. The number of hydrogen-bond acceptors (Lipinski definition) is 3. The molecule has 72 valence electrons. The van der Waals surface area contributed by atoms with E-state index in [1.807, 2.05) is 13.8 Å². The van der Waals surface area contributed by atoms with Gasteiger partial charge in [-0.1, -0.05) is 13.8 Å². The summed E-state index contributed by atoms with van der Waals surface area (Å²) < 4.78 is 4.41. The average molecular weight is 175 g/mol. The lowest BCUT2D eigenvalue weighted by Gasteiger charge is -2.23. The van der Waals surface area contributed by atoms with E-state index in [2.05, 4.69) is 10.1 Å². The van der Waals surface area contributed by atoms with Gasteiger partial charge in [0.25, 0.3) is 0 Å². The van der Waals surface area contributed by atoms with Crippen LogP contribution >= 0.6 is 0 Å². The summed E-state index contributed by atoms with van der Waals surface area (Å²) in [6.45, 7) is 4.59. The third-order valence-electron chi connectivity index (χ3n) is 1.69. The summed E-state index contributed by atoms with van der Waals surface area (Å²) in [5.74, 6) is 0. The molecule has 0 aliphatic heterocycles. The minimum Gasteiger partial charge on any atom is -0.453 e. The highest BCUT2D eigenvalue weighted by Crippen LogP contribution is 2.17. The number of alkyl carbamates (subject to hydrolysis) is 1. The second-order valence-corrected chi connectivity index (χ2v) is 3.48. The summed E-state index contributed by atoms with van der Waals surface area (Å²) in [6, 6.07) is 0. The maximum Gasteiger partial charge on any atom is 0.406 e. The highest BCUT2D eigenvalue weighted by Gasteiger charge is 2.17. The van der Waals surface area contributed by atoms with Crippen molar-refractivity contribution in [2.24, 2.45) is 5.41 Å². The number of rotatable bonds is 4. The van der Waals surface area contributed by atoms with Crippen molar-refractivity contribution in [2.45, 2.75) is 20.3 Å². The van der Waals surface area contributed by atoms with Gasteiger partial charge in [-0.3, -0.25) is 0 Å². The zero-order valence-electron chi connectivity index (χ0n) is 7.89. The van der Waals surface area contributed by atoms with Crippen molar-refractivity contribution in [1.82, 2.24) is 5.32 Å². The number of ether oxygens (including phenoxy) is 1. The van der Waals surface area contributed by atoms with Gasteiger partial charge < -0.3 is 15.2 Å². The van der Waals surface area contributed by atoms with E-state index in [1.165, 1.54) is 7.11 Å². The molecule has 4 nitrogen and oxygen atoms in total. The first-order valence-electron chi connectivity index (χ1n) is 3.94. The Morgan fingerprint density at radius 2 is 2.17 bits per heavy atom. The summed E-state index contributed by atoms with van der Waals surface area (Å²) in [5.41, 5.74) is -0.0804. The Balaban J connectivity index is 3.67. The second-order valence-electron chi connectivity index (χ2n) is 3.48. The molecule has 0 aliphatic carbocycles. The summed E-state index contributed by atoms with van der Waals surface area (Å²) in [5, 5.41) is 11.3. The Labute approximate surface area is 72.9 Å². The Morgan fingerprint density at radius 3 is 2.58 bits per heavy atom. The predicted octanol–water partition coefficient (Wildman–Crippen LogP) is 0.751. The number of aliphatic hydroxyl groups excluding tert-OH is 1. The number of aliphatic hydroxyl groups is 1. The second kappa shape index (κ2) is 4.98. The maximum atomic E-state index is 10.7. The molecule has 0 bridgehead atoms. The van der Waals surface area contributed by atoms with Crippen molar-refractivity contribution in [3.63, 3.8) is 0 Å². The van der Waals surface area contributed by atoms with Crippen molar-refractivity contribution in [1.29, 1.82) is 0 Å². The van der Waals surface area contributed by atoms with Gasteiger partial charge in [-0.15, -0.1) is 0 Å². The molecule has 0 aromatic carbocycles. The third kappa shape index (κ3) is 4.96. The van der Waals surface area contributed by atoms with Crippen LogP contribution in [0.3, 0.4) is 0 Å². The lowest BCUT2D eigenvalue weighted by molar-refractivity contribution is 0.158. The van der Waals surface area contributed by atoms with E-state index >= 15 is 0 Å². The molecule has 0 heterocycles. The first-order chi connectivity index (χ1) is 5.52. The monoisotopic (exact) mass is 175 g/mol. The van der Waals surface area contributed by atoms with Crippen LogP contribution in [0.25, 0.3) is 0 Å².